The van der Waals surface area contributed by atoms with E-state index >= 15 is 0 Å². The van der Waals surface area contributed by atoms with E-state index in [1.54, 1.807) is 0 Å². The van der Waals surface area contributed by atoms with Crippen LogP contribution in [-0.4, -0.2) is 25.9 Å². The van der Waals surface area contributed by atoms with Crippen LogP contribution in [0.4, 0.5) is 0 Å². The Morgan fingerprint density at radius 3 is 2.75 bits per heavy atom. The Morgan fingerprint density at radius 1 is 1.19 bits per heavy atom. The number of hydrogen-bond donors (Lipinski definition) is 0. The Balaban J connectivity index is 2.14. The van der Waals surface area contributed by atoms with Gasteiger partial charge in [0.1, 0.15) is 0 Å². The quantitative estimate of drug-likeness (QED) is 0.642. The number of hydrogen-bond acceptors (Lipinski definition) is 2. The lowest BCUT2D eigenvalue weighted by atomic mass is 10.2. The van der Waals surface area contributed by atoms with Crippen LogP contribution < -0.4 is 0 Å². The predicted octanol–water partition coefficient (Wildman–Crippen LogP) is 3.26. The second-order valence-corrected chi connectivity index (χ2v) is 4.27. The van der Waals surface area contributed by atoms with Gasteiger partial charge in [-0.1, -0.05) is 29.9 Å². The van der Waals surface area contributed by atoms with Crippen molar-refractivity contribution in [2.24, 2.45) is 0 Å². The predicted molar refractivity (Wildman–Crippen MR) is 67.5 cm³/mol. The highest BCUT2D eigenvalue weighted by Crippen LogP contribution is 2.10. The summed E-state index contributed by atoms with van der Waals surface area (Å²) in [6, 6.07) is 0. The zero-order valence-corrected chi connectivity index (χ0v) is 10.5. The average Bonchev–Trinajstić information content (AvgIpc) is 2.43. The van der Waals surface area contributed by atoms with Crippen molar-refractivity contribution in [1.82, 2.24) is 0 Å². The van der Waals surface area contributed by atoms with Gasteiger partial charge in [-0.2, -0.15) is 0 Å². The van der Waals surface area contributed by atoms with Crippen molar-refractivity contribution in [3.05, 3.63) is 35.5 Å². The Bertz CT molecular complexity index is 285. The SMILES string of the molecule is CC1=CCC=C(COCCOC(C)C)C=C1. The van der Waals surface area contributed by atoms with Gasteiger partial charge in [-0.05, 0) is 32.8 Å². The molecule has 0 aliphatic heterocycles. The van der Waals surface area contributed by atoms with Crippen molar-refractivity contribution >= 4 is 0 Å². The minimum Gasteiger partial charge on any atom is -0.376 e. The minimum absolute atomic E-state index is 0.285. The van der Waals surface area contributed by atoms with Crippen molar-refractivity contribution in [1.29, 1.82) is 0 Å². The Hall–Kier alpha value is -0.860. The minimum atomic E-state index is 0.285. The monoisotopic (exact) mass is 222 g/mol. The second-order valence-electron chi connectivity index (χ2n) is 4.27. The summed E-state index contributed by atoms with van der Waals surface area (Å²) in [7, 11) is 0. The van der Waals surface area contributed by atoms with E-state index in [2.05, 4.69) is 31.2 Å². The molecular formula is C14H22O2. The first kappa shape index (κ1) is 13.2. The van der Waals surface area contributed by atoms with E-state index in [0.717, 1.165) is 6.42 Å². The first-order valence-corrected chi connectivity index (χ1v) is 5.91. The molecule has 2 heteroatoms. The third kappa shape index (κ3) is 5.89. The molecule has 0 heterocycles. The van der Waals surface area contributed by atoms with Gasteiger partial charge in [0.25, 0.3) is 0 Å². The summed E-state index contributed by atoms with van der Waals surface area (Å²) in [4.78, 5) is 0. The molecule has 1 aliphatic carbocycles. The molecule has 0 aromatic heterocycles. The Kier molecular flexibility index (Phi) is 6.12. The maximum absolute atomic E-state index is 5.55. The lowest BCUT2D eigenvalue weighted by Crippen LogP contribution is -2.10. The molecule has 2 nitrogen and oxygen atoms in total. The molecule has 0 saturated carbocycles. The van der Waals surface area contributed by atoms with Crippen molar-refractivity contribution < 1.29 is 9.47 Å². The normalized spacial score (nSPS) is 16.0. The first-order valence-electron chi connectivity index (χ1n) is 5.91. The summed E-state index contributed by atoms with van der Waals surface area (Å²) in [5.41, 5.74) is 2.56. The highest BCUT2D eigenvalue weighted by molar-refractivity contribution is 5.31. The Labute approximate surface area is 98.6 Å². The maximum atomic E-state index is 5.55. The van der Waals surface area contributed by atoms with Gasteiger partial charge in [0.05, 0.1) is 25.9 Å². The molecule has 0 N–H and O–H groups in total. The van der Waals surface area contributed by atoms with Crippen LogP contribution in [0.2, 0.25) is 0 Å². The van der Waals surface area contributed by atoms with Crippen LogP contribution in [0.1, 0.15) is 27.2 Å². The van der Waals surface area contributed by atoms with E-state index in [9.17, 15) is 0 Å². The summed E-state index contributed by atoms with van der Waals surface area (Å²) in [5.74, 6) is 0. The molecule has 1 rings (SSSR count). The number of allylic oxidation sites excluding steroid dienone is 4. The molecule has 16 heavy (non-hydrogen) atoms. The average molecular weight is 222 g/mol. The van der Waals surface area contributed by atoms with Gasteiger partial charge < -0.3 is 9.47 Å². The van der Waals surface area contributed by atoms with Gasteiger partial charge in [0.2, 0.25) is 0 Å². The zero-order valence-electron chi connectivity index (χ0n) is 10.5. The fourth-order valence-electron chi connectivity index (χ4n) is 1.41. The van der Waals surface area contributed by atoms with E-state index < -0.39 is 0 Å². The lowest BCUT2D eigenvalue weighted by molar-refractivity contribution is 0.0258. The van der Waals surface area contributed by atoms with Crippen molar-refractivity contribution in [3.8, 4) is 0 Å². The third-order valence-electron chi connectivity index (χ3n) is 2.33. The molecule has 1 aliphatic rings. The first-order chi connectivity index (χ1) is 7.68. The van der Waals surface area contributed by atoms with E-state index in [1.807, 2.05) is 13.8 Å². The van der Waals surface area contributed by atoms with Crippen LogP contribution in [0, 0.1) is 0 Å². The third-order valence-corrected chi connectivity index (χ3v) is 2.33. The molecule has 0 aromatic carbocycles. The van der Waals surface area contributed by atoms with Crippen molar-refractivity contribution in [2.75, 3.05) is 19.8 Å². The topological polar surface area (TPSA) is 18.5 Å². The summed E-state index contributed by atoms with van der Waals surface area (Å²) < 4.78 is 10.9. The van der Waals surface area contributed by atoms with Gasteiger partial charge >= 0.3 is 0 Å². The van der Waals surface area contributed by atoms with Gasteiger partial charge in [0.15, 0.2) is 0 Å². The highest BCUT2D eigenvalue weighted by atomic mass is 16.5. The molecule has 0 radical (unpaired) electrons. The molecule has 0 aromatic rings. The molecular weight excluding hydrogens is 200 g/mol. The smallest absolute Gasteiger partial charge is 0.0715 e. The van der Waals surface area contributed by atoms with E-state index in [-0.39, 0.29) is 6.10 Å². The largest absolute Gasteiger partial charge is 0.376 e. The van der Waals surface area contributed by atoms with Crippen LogP contribution in [0.5, 0.6) is 0 Å². The highest BCUT2D eigenvalue weighted by Gasteiger charge is 1.97. The summed E-state index contributed by atoms with van der Waals surface area (Å²) >= 11 is 0. The Morgan fingerprint density at radius 2 is 2.00 bits per heavy atom. The van der Waals surface area contributed by atoms with Crippen LogP contribution in [0.25, 0.3) is 0 Å². The standard InChI is InChI=1S/C14H22O2/c1-12(2)16-10-9-15-11-14-6-4-5-13(3)7-8-14/h5-8,12H,4,9-11H2,1-3H3. The summed E-state index contributed by atoms with van der Waals surface area (Å²) in [5, 5.41) is 0. The van der Waals surface area contributed by atoms with Crippen LogP contribution >= 0.6 is 0 Å². The van der Waals surface area contributed by atoms with Crippen molar-refractivity contribution in [2.45, 2.75) is 33.3 Å². The fraction of sp³-hybridized carbons (Fsp3) is 0.571. The molecule has 0 spiro atoms. The molecule has 0 unspecified atom stereocenters. The maximum Gasteiger partial charge on any atom is 0.0715 e. The van der Waals surface area contributed by atoms with Crippen LogP contribution in [-0.2, 0) is 9.47 Å². The second kappa shape index (κ2) is 7.42. The van der Waals surface area contributed by atoms with Gasteiger partial charge in [0, 0.05) is 0 Å². The van der Waals surface area contributed by atoms with Gasteiger partial charge in [-0.25, -0.2) is 0 Å². The molecule has 90 valence electrons. The van der Waals surface area contributed by atoms with E-state index in [0.29, 0.717) is 19.8 Å². The fourth-order valence-corrected chi connectivity index (χ4v) is 1.41. The molecule has 0 fully saturated rings. The molecule has 0 atom stereocenters. The molecule has 0 amide bonds. The van der Waals surface area contributed by atoms with E-state index in [4.69, 9.17) is 9.47 Å². The number of rotatable bonds is 6. The van der Waals surface area contributed by atoms with Crippen LogP contribution in [0.15, 0.2) is 35.5 Å². The lowest BCUT2D eigenvalue weighted by Gasteiger charge is -2.08. The summed E-state index contributed by atoms with van der Waals surface area (Å²) in [6.45, 7) is 8.20. The van der Waals surface area contributed by atoms with E-state index in [1.165, 1.54) is 11.1 Å². The van der Waals surface area contributed by atoms with Crippen molar-refractivity contribution in [3.63, 3.8) is 0 Å². The van der Waals surface area contributed by atoms with Gasteiger partial charge in [-0.3, -0.25) is 0 Å². The summed E-state index contributed by atoms with van der Waals surface area (Å²) in [6.07, 6.45) is 9.96. The van der Waals surface area contributed by atoms with Crippen LogP contribution in [0.3, 0.4) is 0 Å². The zero-order chi connectivity index (χ0) is 11.8. The molecule has 0 saturated heterocycles. The van der Waals surface area contributed by atoms with Gasteiger partial charge in [-0.15, -0.1) is 0 Å². The number of ether oxygens (including phenoxy) is 2. The molecule has 0 bridgehead atoms.